The Balaban J connectivity index is 2.62. The highest BCUT2D eigenvalue weighted by Crippen LogP contribution is 2.35. The lowest BCUT2D eigenvalue weighted by Crippen LogP contribution is -2.11. The topological polar surface area (TPSA) is 43.6 Å². The Kier molecular flexibility index (Phi) is 2.66. The largest absolute Gasteiger partial charge is 0.418 e. The Labute approximate surface area is 96.2 Å². The van der Waals surface area contributed by atoms with Gasteiger partial charge in [-0.3, -0.25) is 0 Å². The van der Waals surface area contributed by atoms with Crippen molar-refractivity contribution in [3.63, 3.8) is 0 Å². The second kappa shape index (κ2) is 3.85. The van der Waals surface area contributed by atoms with Gasteiger partial charge in [0, 0.05) is 4.47 Å². The van der Waals surface area contributed by atoms with Crippen LogP contribution in [-0.2, 0) is 6.18 Å². The highest BCUT2D eigenvalue weighted by atomic mass is 79.9. The van der Waals surface area contributed by atoms with Crippen LogP contribution in [0.5, 0.6) is 0 Å². The molecule has 2 aromatic rings. The molecule has 0 saturated carbocycles. The van der Waals surface area contributed by atoms with Crippen molar-refractivity contribution in [3.05, 3.63) is 34.6 Å². The molecule has 84 valence electrons. The molecule has 0 aliphatic rings. The first-order chi connectivity index (χ1) is 7.48. The number of tetrazole rings is 1. The van der Waals surface area contributed by atoms with Crippen LogP contribution in [-0.4, -0.2) is 20.2 Å². The van der Waals surface area contributed by atoms with Gasteiger partial charge in [-0.2, -0.15) is 17.9 Å². The second-order valence-electron chi connectivity index (χ2n) is 2.91. The number of rotatable bonds is 1. The maximum atomic E-state index is 12.7. The summed E-state index contributed by atoms with van der Waals surface area (Å²) < 4.78 is 39.5. The van der Waals surface area contributed by atoms with E-state index in [4.69, 9.17) is 0 Å². The zero-order valence-electron chi connectivity index (χ0n) is 7.61. The van der Waals surface area contributed by atoms with Crippen LogP contribution in [0.2, 0.25) is 0 Å². The molecule has 0 fully saturated rings. The van der Waals surface area contributed by atoms with E-state index in [1.54, 1.807) is 0 Å². The Morgan fingerprint density at radius 2 is 2.00 bits per heavy atom. The zero-order chi connectivity index (χ0) is 11.8. The zero-order valence-corrected chi connectivity index (χ0v) is 9.20. The SMILES string of the molecule is FC(F)(F)c1cc(Br)ccc1-n1cnnn1. The summed E-state index contributed by atoms with van der Waals surface area (Å²) in [6.07, 6.45) is -3.34. The minimum absolute atomic E-state index is 0.110. The average molecular weight is 293 g/mol. The van der Waals surface area contributed by atoms with Gasteiger partial charge in [0.05, 0.1) is 11.3 Å². The van der Waals surface area contributed by atoms with Crippen molar-refractivity contribution in [1.82, 2.24) is 20.2 Å². The molecule has 0 radical (unpaired) electrons. The van der Waals surface area contributed by atoms with E-state index in [1.807, 2.05) is 0 Å². The molecule has 0 atom stereocenters. The molecule has 0 aliphatic heterocycles. The van der Waals surface area contributed by atoms with E-state index in [0.29, 0.717) is 4.47 Å². The summed E-state index contributed by atoms with van der Waals surface area (Å²) in [5.74, 6) is 0. The number of halogens is 4. The molecule has 2 rings (SSSR count). The van der Waals surface area contributed by atoms with E-state index in [2.05, 4.69) is 31.5 Å². The fourth-order valence-corrected chi connectivity index (χ4v) is 1.57. The van der Waals surface area contributed by atoms with Crippen molar-refractivity contribution in [2.75, 3.05) is 0 Å². The van der Waals surface area contributed by atoms with Crippen molar-refractivity contribution in [2.24, 2.45) is 0 Å². The molecule has 0 spiro atoms. The van der Waals surface area contributed by atoms with Gasteiger partial charge in [-0.05, 0) is 28.6 Å². The van der Waals surface area contributed by atoms with Gasteiger partial charge in [0.1, 0.15) is 6.33 Å². The predicted octanol–water partition coefficient (Wildman–Crippen LogP) is 2.44. The van der Waals surface area contributed by atoms with Gasteiger partial charge < -0.3 is 0 Å². The number of benzene rings is 1. The Morgan fingerprint density at radius 3 is 2.56 bits per heavy atom. The molecule has 1 aromatic carbocycles. The molecule has 1 heterocycles. The van der Waals surface area contributed by atoms with E-state index in [-0.39, 0.29) is 5.69 Å². The molecule has 0 unspecified atom stereocenters. The number of alkyl halides is 3. The lowest BCUT2D eigenvalue weighted by atomic mass is 10.2. The van der Waals surface area contributed by atoms with Gasteiger partial charge >= 0.3 is 6.18 Å². The Bertz CT molecular complexity index is 494. The van der Waals surface area contributed by atoms with Crippen LogP contribution in [0.3, 0.4) is 0 Å². The molecule has 1 aromatic heterocycles. The van der Waals surface area contributed by atoms with Crippen LogP contribution in [0.4, 0.5) is 13.2 Å². The summed E-state index contributed by atoms with van der Waals surface area (Å²) >= 11 is 2.99. The lowest BCUT2D eigenvalue weighted by molar-refractivity contribution is -0.137. The van der Waals surface area contributed by atoms with Crippen LogP contribution >= 0.6 is 15.9 Å². The molecular weight excluding hydrogens is 289 g/mol. The lowest BCUT2D eigenvalue weighted by Gasteiger charge is -2.12. The number of hydrogen-bond donors (Lipinski definition) is 0. The van der Waals surface area contributed by atoms with Crippen molar-refractivity contribution >= 4 is 15.9 Å². The third kappa shape index (κ3) is 2.06. The molecule has 0 amide bonds. The minimum Gasteiger partial charge on any atom is -0.200 e. The van der Waals surface area contributed by atoms with E-state index in [1.165, 1.54) is 12.1 Å². The molecule has 0 N–H and O–H groups in total. The summed E-state index contributed by atoms with van der Waals surface area (Å²) in [7, 11) is 0. The van der Waals surface area contributed by atoms with Crippen LogP contribution in [0.1, 0.15) is 5.56 Å². The van der Waals surface area contributed by atoms with Gasteiger partial charge in [0.25, 0.3) is 0 Å². The molecule has 0 saturated heterocycles. The normalized spacial score (nSPS) is 11.8. The summed E-state index contributed by atoms with van der Waals surface area (Å²) in [4.78, 5) is 0. The third-order valence-electron chi connectivity index (χ3n) is 1.86. The molecule has 4 nitrogen and oxygen atoms in total. The summed E-state index contributed by atoms with van der Waals surface area (Å²) in [5.41, 5.74) is -0.908. The predicted molar refractivity (Wildman–Crippen MR) is 51.9 cm³/mol. The smallest absolute Gasteiger partial charge is 0.200 e. The Morgan fingerprint density at radius 1 is 1.25 bits per heavy atom. The number of nitrogens with zero attached hydrogens (tertiary/aromatic N) is 4. The molecular formula is C8H4BrF3N4. The summed E-state index contributed by atoms with van der Waals surface area (Å²) in [5, 5.41) is 10.0. The van der Waals surface area contributed by atoms with Gasteiger partial charge in [0.15, 0.2) is 0 Å². The summed E-state index contributed by atoms with van der Waals surface area (Å²) in [6, 6.07) is 3.77. The molecule has 0 bridgehead atoms. The molecule has 16 heavy (non-hydrogen) atoms. The first-order valence-electron chi connectivity index (χ1n) is 4.08. The van der Waals surface area contributed by atoms with Crippen LogP contribution < -0.4 is 0 Å². The fourth-order valence-electron chi connectivity index (χ4n) is 1.21. The van der Waals surface area contributed by atoms with Gasteiger partial charge in [-0.1, -0.05) is 15.9 Å². The number of aromatic nitrogens is 4. The Hall–Kier alpha value is -1.44. The van der Waals surface area contributed by atoms with Gasteiger partial charge in [-0.15, -0.1) is 5.10 Å². The maximum Gasteiger partial charge on any atom is 0.418 e. The average Bonchev–Trinajstić information content (AvgIpc) is 2.69. The molecule has 8 heteroatoms. The molecule has 0 aliphatic carbocycles. The van der Waals surface area contributed by atoms with Gasteiger partial charge in [0.2, 0.25) is 0 Å². The van der Waals surface area contributed by atoms with E-state index in [0.717, 1.165) is 17.1 Å². The maximum absolute atomic E-state index is 12.7. The standard InChI is InChI=1S/C8H4BrF3N4/c9-5-1-2-7(16-4-13-14-15-16)6(3-5)8(10,11)12/h1-4H. The van der Waals surface area contributed by atoms with Crippen molar-refractivity contribution in [2.45, 2.75) is 6.18 Å². The quantitative estimate of drug-likeness (QED) is 0.811. The monoisotopic (exact) mass is 292 g/mol. The van der Waals surface area contributed by atoms with Crippen LogP contribution in [0.25, 0.3) is 5.69 Å². The van der Waals surface area contributed by atoms with Crippen LogP contribution in [0, 0.1) is 0 Å². The second-order valence-corrected chi connectivity index (χ2v) is 3.83. The van der Waals surface area contributed by atoms with Gasteiger partial charge in [-0.25, -0.2) is 0 Å². The summed E-state index contributed by atoms with van der Waals surface area (Å²) in [6.45, 7) is 0. The van der Waals surface area contributed by atoms with Crippen LogP contribution in [0.15, 0.2) is 29.0 Å². The first-order valence-corrected chi connectivity index (χ1v) is 4.88. The minimum atomic E-state index is -4.45. The third-order valence-corrected chi connectivity index (χ3v) is 2.35. The van der Waals surface area contributed by atoms with Crippen molar-refractivity contribution in [3.8, 4) is 5.69 Å². The van der Waals surface area contributed by atoms with Crippen molar-refractivity contribution in [1.29, 1.82) is 0 Å². The fraction of sp³-hybridized carbons (Fsp3) is 0.125. The first kappa shape index (κ1) is 11.1. The van der Waals surface area contributed by atoms with E-state index in [9.17, 15) is 13.2 Å². The highest BCUT2D eigenvalue weighted by Gasteiger charge is 2.34. The number of hydrogen-bond acceptors (Lipinski definition) is 3. The van der Waals surface area contributed by atoms with E-state index >= 15 is 0 Å². The van der Waals surface area contributed by atoms with Crippen molar-refractivity contribution < 1.29 is 13.2 Å². The highest BCUT2D eigenvalue weighted by molar-refractivity contribution is 9.10. The van der Waals surface area contributed by atoms with E-state index < -0.39 is 11.7 Å².